The number of H-pyrrole nitrogens is 1. The fourth-order valence-corrected chi connectivity index (χ4v) is 6.34. The molecule has 1 aliphatic rings. The zero-order chi connectivity index (χ0) is 36.4. The summed E-state index contributed by atoms with van der Waals surface area (Å²) < 4.78 is 38.6. The Bertz CT molecular complexity index is 2040. The molecule has 0 unspecified atom stereocenters. The second kappa shape index (κ2) is 17.4. The first-order chi connectivity index (χ1) is 26.0. The molecule has 6 aromatic rings. The zero-order valence-corrected chi connectivity index (χ0v) is 29.0. The lowest BCUT2D eigenvalue weighted by atomic mass is 9.98. The van der Waals surface area contributed by atoms with E-state index in [2.05, 4.69) is 4.98 Å². The first-order valence-corrected chi connectivity index (χ1v) is 17.5. The summed E-state index contributed by atoms with van der Waals surface area (Å²) in [6, 6.07) is 42.2. The van der Waals surface area contributed by atoms with Crippen LogP contribution in [0.1, 0.15) is 32.6 Å². The lowest BCUT2D eigenvalue weighted by Crippen LogP contribution is -2.61. The Morgan fingerprint density at radius 1 is 0.660 bits per heavy atom. The van der Waals surface area contributed by atoms with Gasteiger partial charge in [0.1, 0.15) is 31.0 Å². The number of aliphatic hydroxyl groups is 1. The van der Waals surface area contributed by atoms with Crippen LogP contribution in [0.3, 0.4) is 0 Å². The first kappa shape index (κ1) is 35.9. The summed E-state index contributed by atoms with van der Waals surface area (Å²) in [5.74, 6) is -0.770. The van der Waals surface area contributed by atoms with Gasteiger partial charge in [0.25, 0.3) is 0 Å². The van der Waals surface area contributed by atoms with Crippen LogP contribution < -0.4 is 9.47 Å². The van der Waals surface area contributed by atoms with Crippen LogP contribution in [-0.2, 0) is 45.4 Å². The highest BCUT2D eigenvalue weighted by molar-refractivity contribution is 6.06. The van der Waals surface area contributed by atoms with Crippen molar-refractivity contribution in [3.05, 3.63) is 167 Å². The van der Waals surface area contributed by atoms with E-state index in [-0.39, 0.29) is 48.9 Å². The van der Waals surface area contributed by atoms with Gasteiger partial charge in [0.15, 0.2) is 11.5 Å². The van der Waals surface area contributed by atoms with Gasteiger partial charge in [0, 0.05) is 6.20 Å². The number of aromatic nitrogens is 1. The number of nitrogens with one attached hydrogen (secondary N) is 1. The topological polar surface area (TPSA) is 129 Å². The van der Waals surface area contributed by atoms with Crippen LogP contribution in [0, 0.1) is 0 Å². The van der Waals surface area contributed by atoms with Crippen LogP contribution in [0.2, 0.25) is 0 Å². The number of aromatic amines is 1. The largest absolute Gasteiger partial charge is 0.485 e. The molecular formula is C43H41NO9. The van der Waals surface area contributed by atoms with Crippen molar-refractivity contribution in [1.82, 2.24) is 4.98 Å². The van der Waals surface area contributed by atoms with Gasteiger partial charge in [-0.25, -0.2) is 4.79 Å². The maximum atomic E-state index is 12.4. The fourth-order valence-electron chi connectivity index (χ4n) is 6.34. The van der Waals surface area contributed by atoms with Crippen LogP contribution >= 0.6 is 0 Å². The second-order valence-corrected chi connectivity index (χ2v) is 12.8. The van der Waals surface area contributed by atoms with Gasteiger partial charge in [-0.15, -0.1) is 0 Å². The zero-order valence-electron chi connectivity index (χ0n) is 29.0. The minimum Gasteiger partial charge on any atom is -0.485 e. The summed E-state index contributed by atoms with van der Waals surface area (Å²) in [6.45, 7) is 1.00. The van der Waals surface area contributed by atoms with Gasteiger partial charge in [-0.3, -0.25) is 0 Å². The average molecular weight is 716 g/mol. The molecule has 1 aliphatic heterocycles. The van der Waals surface area contributed by atoms with E-state index in [0.29, 0.717) is 12.1 Å². The maximum Gasteiger partial charge on any atom is 0.338 e. The molecule has 10 heteroatoms. The SMILES string of the molecule is O=C(O)c1c[nH]c2ccc(OCc3ccccc3)c(O[C@@H]3O[C@H](COCc4ccccc4)[C@@H](OCc4ccccc4)[C@H](OCc4ccccc4)[C@H]3O)c12. The smallest absolute Gasteiger partial charge is 0.338 e. The van der Waals surface area contributed by atoms with Crippen molar-refractivity contribution >= 4 is 16.9 Å². The molecule has 1 saturated heterocycles. The standard InChI is InChI=1S/C43H41NO9/c45-38-41(51-27-32-19-11-4-12-20-32)40(50-26-31-17-9-3-10-18-31)36(28-48-24-29-13-5-1-6-14-29)52-43(38)53-39-35(49-25-30-15-7-2-8-16-30)22-21-34-37(39)33(23-44-34)42(46)47/h1-23,36,38,40-41,43-45H,24-28H2,(H,46,47)/t36-,38-,40-,41-,43+/m1/s1. The van der Waals surface area contributed by atoms with Crippen LogP contribution in [-0.4, -0.2) is 58.5 Å². The molecule has 0 amide bonds. The molecule has 0 aliphatic carbocycles. The molecule has 0 saturated carbocycles. The number of aromatic carboxylic acids is 1. The number of rotatable bonds is 16. The molecule has 2 heterocycles. The molecule has 1 aromatic heterocycles. The Kier molecular flexibility index (Phi) is 11.8. The summed E-state index contributed by atoms with van der Waals surface area (Å²) in [7, 11) is 0. The molecule has 5 aromatic carbocycles. The van der Waals surface area contributed by atoms with E-state index < -0.39 is 36.7 Å². The summed E-state index contributed by atoms with van der Waals surface area (Å²) in [6.07, 6.45) is -3.81. The van der Waals surface area contributed by atoms with E-state index in [4.69, 9.17) is 28.4 Å². The number of benzene rings is 5. The van der Waals surface area contributed by atoms with Gasteiger partial charge in [-0.2, -0.15) is 0 Å². The van der Waals surface area contributed by atoms with Crippen molar-refractivity contribution in [2.45, 2.75) is 57.1 Å². The maximum absolute atomic E-state index is 12.4. The molecule has 1 fully saturated rings. The summed E-state index contributed by atoms with van der Waals surface area (Å²) in [4.78, 5) is 15.4. The average Bonchev–Trinajstić information content (AvgIpc) is 3.64. The van der Waals surface area contributed by atoms with Crippen LogP contribution in [0.15, 0.2) is 140 Å². The lowest BCUT2D eigenvalue weighted by molar-refractivity contribution is -0.299. The van der Waals surface area contributed by atoms with E-state index in [1.54, 1.807) is 12.1 Å². The Balaban J connectivity index is 1.23. The third-order valence-electron chi connectivity index (χ3n) is 9.04. The van der Waals surface area contributed by atoms with E-state index in [1.807, 2.05) is 121 Å². The molecule has 272 valence electrons. The summed E-state index contributed by atoms with van der Waals surface area (Å²) in [5, 5.41) is 22.5. The quantitative estimate of drug-likeness (QED) is 0.0946. The second-order valence-electron chi connectivity index (χ2n) is 12.8. The molecule has 5 atom stereocenters. The van der Waals surface area contributed by atoms with Crippen molar-refractivity contribution in [1.29, 1.82) is 0 Å². The van der Waals surface area contributed by atoms with Gasteiger partial charge < -0.3 is 43.6 Å². The highest BCUT2D eigenvalue weighted by atomic mass is 16.7. The van der Waals surface area contributed by atoms with E-state index in [1.165, 1.54) is 6.20 Å². The number of carbonyl (C=O) groups is 1. The molecule has 0 bridgehead atoms. The van der Waals surface area contributed by atoms with Crippen LogP contribution in [0.4, 0.5) is 0 Å². The Labute approximate surface area is 307 Å². The Hall–Kier alpha value is -5.49. The normalized spacial score (nSPS) is 19.9. The molecular weight excluding hydrogens is 674 g/mol. The molecule has 0 radical (unpaired) electrons. The first-order valence-electron chi connectivity index (χ1n) is 17.5. The molecule has 10 nitrogen and oxygen atoms in total. The predicted octanol–water partition coefficient (Wildman–Crippen LogP) is 7.30. The van der Waals surface area contributed by atoms with Gasteiger partial charge in [-0.1, -0.05) is 121 Å². The monoisotopic (exact) mass is 715 g/mol. The van der Waals surface area contributed by atoms with Crippen molar-refractivity contribution in [3.63, 3.8) is 0 Å². The Morgan fingerprint density at radius 2 is 1.19 bits per heavy atom. The number of fused-ring (bicyclic) bond motifs is 1. The summed E-state index contributed by atoms with van der Waals surface area (Å²) in [5.41, 5.74) is 4.22. The van der Waals surface area contributed by atoms with E-state index >= 15 is 0 Å². The lowest BCUT2D eigenvalue weighted by Gasteiger charge is -2.44. The molecule has 3 N–H and O–H groups in total. The van der Waals surface area contributed by atoms with Gasteiger partial charge in [0.05, 0.1) is 42.9 Å². The number of hydrogen-bond donors (Lipinski definition) is 3. The number of ether oxygens (including phenoxy) is 6. The van der Waals surface area contributed by atoms with Crippen LogP contribution in [0.5, 0.6) is 11.5 Å². The molecule has 7 rings (SSSR count). The highest BCUT2D eigenvalue weighted by Crippen LogP contribution is 2.41. The number of carboxylic acid groups (broad SMARTS) is 1. The highest BCUT2D eigenvalue weighted by Gasteiger charge is 2.48. The molecule has 0 spiro atoms. The third kappa shape index (κ3) is 8.94. The number of carboxylic acids is 1. The minimum absolute atomic E-state index is 0.0193. The predicted molar refractivity (Wildman–Crippen MR) is 197 cm³/mol. The van der Waals surface area contributed by atoms with Crippen molar-refractivity contribution < 1.29 is 43.4 Å². The fraction of sp³-hybridized carbons (Fsp3) is 0.233. The van der Waals surface area contributed by atoms with Crippen molar-refractivity contribution in [2.75, 3.05) is 6.61 Å². The number of aliphatic hydroxyl groups excluding tert-OH is 1. The number of hydrogen-bond acceptors (Lipinski definition) is 8. The third-order valence-corrected chi connectivity index (χ3v) is 9.04. The Morgan fingerprint density at radius 3 is 1.75 bits per heavy atom. The van der Waals surface area contributed by atoms with E-state index in [0.717, 1.165) is 22.3 Å². The molecule has 53 heavy (non-hydrogen) atoms. The van der Waals surface area contributed by atoms with Gasteiger partial charge in [0.2, 0.25) is 6.29 Å². The van der Waals surface area contributed by atoms with E-state index in [9.17, 15) is 15.0 Å². The van der Waals surface area contributed by atoms with Gasteiger partial charge in [-0.05, 0) is 34.4 Å². The van der Waals surface area contributed by atoms with Gasteiger partial charge >= 0.3 is 5.97 Å². The van der Waals surface area contributed by atoms with Crippen molar-refractivity contribution in [3.8, 4) is 11.5 Å². The van der Waals surface area contributed by atoms with Crippen molar-refractivity contribution in [2.24, 2.45) is 0 Å². The van der Waals surface area contributed by atoms with Crippen LogP contribution in [0.25, 0.3) is 10.9 Å². The summed E-state index contributed by atoms with van der Waals surface area (Å²) >= 11 is 0. The minimum atomic E-state index is -1.38.